The van der Waals surface area contributed by atoms with Gasteiger partial charge in [-0.1, -0.05) is 13.8 Å². The smallest absolute Gasteiger partial charge is 0.225 e. The van der Waals surface area contributed by atoms with Crippen molar-refractivity contribution in [3.8, 4) is 0 Å². The number of aliphatic imine (C=N–C) groups is 1. The molecule has 1 aliphatic rings. The summed E-state index contributed by atoms with van der Waals surface area (Å²) in [4.78, 5) is 17.7. The summed E-state index contributed by atoms with van der Waals surface area (Å²) in [5.74, 6) is 1.74. The van der Waals surface area contributed by atoms with Gasteiger partial charge >= 0.3 is 0 Å². The second kappa shape index (κ2) is 10.6. The van der Waals surface area contributed by atoms with E-state index in [9.17, 15) is 0 Å². The Morgan fingerprint density at radius 2 is 1.79 bits per heavy atom. The summed E-state index contributed by atoms with van der Waals surface area (Å²) < 4.78 is 2.01. The molecule has 154 valence electrons. The second-order valence-corrected chi connectivity index (χ2v) is 6.63. The zero-order valence-corrected chi connectivity index (χ0v) is 19.6. The van der Waals surface area contributed by atoms with E-state index in [0.29, 0.717) is 0 Å². The highest BCUT2D eigenvalue weighted by molar-refractivity contribution is 14.0. The zero-order valence-electron chi connectivity index (χ0n) is 17.2. The van der Waals surface area contributed by atoms with E-state index in [0.717, 1.165) is 57.5 Å². The zero-order chi connectivity index (χ0) is 19.2. The fourth-order valence-corrected chi connectivity index (χ4v) is 3.67. The Kier molecular flexibility index (Phi) is 8.46. The molecule has 1 N–H and O–H groups in total. The monoisotopic (exact) mass is 498 g/mol. The Morgan fingerprint density at radius 1 is 1.11 bits per heavy atom. The average Bonchev–Trinajstić information content (AvgIpc) is 3.04. The highest BCUT2D eigenvalue weighted by Gasteiger charge is 2.22. The maximum atomic E-state index is 4.66. The number of aromatic nitrogens is 4. The first-order chi connectivity index (χ1) is 13.2. The van der Waals surface area contributed by atoms with Crippen LogP contribution in [0.2, 0.25) is 0 Å². The first-order valence-electron chi connectivity index (χ1n) is 9.69. The molecule has 8 nitrogen and oxygen atoms in total. The Labute approximate surface area is 184 Å². The molecule has 0 aromatic carbocycles. The summed E-state index contributed by atoms with van der Waals surface area (Å²) in [6.45, 7) is 8.66. The van der Waals surface area contributed by atoms with E-state index < -0.39 is 0 Å². The van der Waals surface area contributed by atoms with Crippen LogP contribution in [0.1, 0.15) is 30.8 Å². The minimum atomic E-state index is 0. The van der Waals surface area contributed by atoms with Crippen molar-refractivity contribution >= 4 is 35.9 Å². The van der Waals surface area contributed by atoms with Crippen LogP contribution in [0.15, 0.2) is 23.5 Å². The third-order valence-corrected chi connectivity index (χ3v) is 5.08. The van der Waals surface area contributed by atoms with Gasteiger partial charge in [-0.25, -0.2) is 9.97 Å². The molecule has 0 unspecified atom stereocenters. The summed E-state index contributed by atoms with van der Waals surface area (Å²) in [7, 11) is 3.88. The number of piperazine rings is 1. The molecule has 3 rings (SSSR count). The molecule has 0 atom stereocenters. The van der Waals surface area contributed by atoms with Crippen LogP contribution in [0.4, 0.5) is 5.95 Å². The Hall–Kier alpha value is -1.91. The van der Waals surface area contributed by atoms with E-state index in [1.807, 2.05) is 24.8 Å². The van der Waals surface area contributed by atoms with Crippen LogP contribution in [0.5, 0.6) is 0 Å². The van der Waals surface area contributed by atoms with Crippen LogP contribution in [-0.2, 0) is 26.4 Å². The minimum Gasteiger partial charge on any atom is -0.352 e. The third kappa shape index (κ3) is 4.92. The molecular formula is C19H31IN8. The van der Waals surface area contributed by atoms with Crippen LogP contribution in [0.25, 0.3) is 0 Å². The molecule has 0 saturated carbocycles. The lowest BCUT2D eigenvalue weighted by molar-refractivity contribution is 0.370. The van der Waals surface area contributed by atoms with Crippen molar-refractivity contribution in [2.75, 3.05) is 38.1 Å². The molecule has 0 bridgehead atoms. The lowest BCUT2D eigenvalue weighted by Gasteiger charge is -2.36. The maximum Gasteiger partial charge on any atom is 0.225 e. The predicted molar refractivity (Wildman–Crippen MR) is 123 cm³/mol. The molecule has 3 heterocycles. The summed E-state index contributed by atoms with van der Waals surface area (Å²) in [6, 6.07) is 1.85. The SMILES string of the molecule is CCc1nn(C)c(CC)c1CNC(=NC)N1CCN(c2ncccn2)CC1.I. The molecule has 0 spiro atoms. The van der Waals surface area contributed by atoms with Gasteiger partial charge < -0.3 is 15.1 Å². The van der Waals surface area contributed by atoms with Gasteiger partial charge in [0.15, 0.2) is 5.96 Å². The lowest BCUT2D eigenvalue weighted by Crippen LogP contribution is -2.52. The van der Waals surface area contributed by atoms with Crippen molar-refractivity contribution < 1.29 is 0 Å². The van der Waals surface area contributed by atoms with Crippen molar-refractivity contribution in [2.24, 2.45) is 12.0 Å². The fraction of sp³-hybridized carbons (Fsp3) is 0.579. The number of aryl methyl sites for hydroxylation is 2. The van der Waals surface area contributed by atoms with Crippen LogP contribution in [-0.4, -0.2) is 63.8 Å². The first-order valence-corrected chi connectivity index (χ1v) is 9.69. The highest BCUT2D eigenvalue weighted by Crippen LogP contribution is 2.16. The van der Waals surface area contributed by atoms with Crippen molar-refractivity contribution in [3.05, 3.63) is 35.4 Å². The molecule has 9 heteroatoms. The van der Waals surface area contributed by atoms with Gasteiger partial charge in [-0.15, -0.1) is 24.0 Å². The van der Waals surface area contributed by atoms with Gasteiger partial charge in [-0.3, -0.25) is 9.67 Å². The van der Waals surface area contributed by atoms with Crippen molar-refractivity contribution in [1.29, 1.82) is 0 Å². The summed E-state index contributed by atoms with van der Waals surface area (Å²) in [5.41, 5.74) is 3.77. The standard InChI is InChI=1S/C19H30N8.HI/c1-5-16-15(17(6-2)25(4)24-16)14-23-18(20-3)26-10-12-27(13-11-26)19-21-8-7-9-22-19;/h7-9H,5-6,10-14H2,1-4H3,(H,20,23);1H. The Bertz CT molecular complexity index is 766. The third-order valence-electron chi connectivity index (χ3n) is 5.08. The van der Waals surface area contributed by atoms with E-state index >= 15 is 0 Å². The number of nitrogens with zero attached hydrogens (tertiary/aromatic N) is 7. The fourth-order valence-electron chi connectivity index (χ4n) is 3.67. The average molecular weight is 498 g/mol. The Balaban J connectivity index is 0.00000280. The van der Waals surface area contributed by atoms with Gasteiger partial charge in [0.2, 0.25) is 5.95 Å². The number of nitrogens with one attached hydrogen (secondary N) is 1. The van der Waals surface area contributed by atoms with Gasteiger partial charge in [-0.2, -0.15) is 5.10 Å². The van der Waals surface area contributed by atoms with E-state index in [4.69, 9.17) is 0 Å². The predicted octanol–water partition coefficient (Wildman–Crippen LogP) is 1.85. The molecule has 1 fully saturated rings. The minimum absolute atomic E-state index is 0. The van der Waals surface area contributed by atoms with Gasteiger partial charge in [0.05, 0.1) is 5.69 Å². The molecule has 0 radical (unpaired) electrons. The molecule has 2 aromatic rings. The normalized spacial score (nSPS) is 14.8. The summed E-state index contributed by atoms with van der Waals surface area (Å²) in [5, 5.41) is 8.21. The summed E-state index contributed by atoms with van der Waals surface area (Å²) >= 11 is 0. The van der Waals surface area contributed by atoms with Gasteiger partial charge in [0.1, 0.15) is 0 Å². The Morgan fingerprint density at radius 3 is 2.36 bits per heavy atom. The number of hydrogen-bond donors (Lipinski definition) is 1. The molecule has 0 aliphatic carbocycles. The number of anilines is 1. The van der Waals surface area contributed by atoms with Crippen LogP contribution in [0.3, 0.4) is 0 Å². The van der Waals surface area contributed by atoms with E-state index in [-0.39, 0.29) is 24.0 Å². The van der Waals surface area contributed by atoms with Crippen molar-refractivity contribution in [2.45, 2.75) is 33.2 Å². The number of guanidine groups is 1. The quantitative estimate of drug-likeness (QED) is 0.386. The largest absolute Gasteiger partial charge is 0.352 e. The highest BCUT2D eigenvalue weighted by atomic mass is 127. The van der Waals surface area contributed by atoms with Crippen molar-refractivity contribution in [1.82, 2.24) is 30.0 Å². The second-order valence-electron chi connectivity index (χ2n) is 6.63. The number of hydrogen-bond acceptors (Lipinski definition) is 5. The van der Waals surface area contributed by atoms with Crippen LogP contribution in [0, 0.1) is 0 Å². The molecule has 1 aliphatic heterocycles. The van der Waals surface area contributed by atoms with Gasteiger partial charge in [0, 0.05) is 70.5 Å². The molecule has 28 heavy (non-hydrogen) atoms. The lowest BCUT2D eigenvalue weighted by atomic mass is 10.1. The van der Waals surface area contributed by atoms with Crippen LogP contribution >= 0.6 is 24.0 Å². The van der Waals surface area contributed by atoms with E-state index in [2.05, 4.69) is 49.0 Å². The molecular weight excluding hydrogens is 467 g/mol. The molecule has 2 aromatic heterocycles. The molecule has 1 saturated heterocycles. The summed E-state index contributed by atoms with van der Waals surface area (Å²) in [6.07, 6.45) is 5.51. The topological polar surface area (TPSA) is 74.5 Å². The molecule has 0 amide bonds. The van der Waals surface area contributed by atoms with Crippen LogP contribution < -0.4 is 10.2 Å². The first kappa shape index (κ1) is 22.4. The number of rotatable bonds is 5. The maximum absolute atomic E-state index is 4.66. The van der Waals surface area contributed by atoms with Gasteiger partial charge in [0.25, 0.3) is 0 Å². The van der Waals surface area contributed by atoms with E-state index in [1.165, 1.54) is 17.0 Å². The van der Waals surface area contributed by atoms with E-state index in [1.54, 1.807) is 12.4 Å². The number of halogens is 1. The van der Waals surface area contributed by atoms with Gasteiger partial charge in [-0.05, 0) is 18.9 Å². The van der Waals surface area contributed by atoms with Crippen molar-refractivity contribution in [3.63, 3.8) is 0 Å².